The van der Waals surface area contributed by atoms with Gasteiger partial charge in [-0.1, -0.05) is 0 Å². The Bertz CT molecular complexity index is 400. The highest BCUT2D eigenvalue weighted by Gasteiger charge is 2.13. The van der Waals surface area contributed by atoms with Crippen molar-refractivity contribution in [2.45, 2.75) is 39.2 Å². The smallest absolute Gasteiger partial charge is 0.382 e. The predicted octanol–water partition coefficient (Wildman–Crippen LogP) is 0.201. The summed E-state index contributed by atoms with van der Waals surface area (Å²) in [5.74, 6) is 0.863. The topological polar surface area (TPSA) is 156 Å². The summed E-state index contributed by atoms with van der Waals surface area (Å²) in [5, 5.41) is 18.7. The Morgan fingerprint density at radius 2 is 1.65 bits per heavy atom. The van der Waals surface area contributed by atoms with Gasteiger partial charge in [-0.2, -0.15) is 0 Å². The number of hydrogen-bond acceptors (Lipinski definition) is 5. The number of amides is 1. The number of aliphatic carboxylic acids is 2. The molecule has 0 saturated heterocycles. The van der Waals surface area contributed by atoms with Crippen molar-refractivity contribution < 1.29 is 29.4 Å². The molecule has 0 aliphatic heterocycles. The molecule has 20 heavy (non-hydrogen) atoms. The Morgan fingerprint density at radius 1 is 1.15 bits per heavy atom. The maximum absolute atomic E-state index is 11.0. The third kappa shape index (κ3) is 24.7. The fourth-order valence-corrected chi connectivity index (χ4v) is 0.792. The molecule has 0 radical (unpaired) electrons. The zero-order valence-electron chi connectivity index (χ0n) is 11.7. The molecule has 0 heterocycles. The first-order valence-corrected chi connectivity index (χ1v) is 5.29. The summed E-state index contributed by atoms with van der Waals surface area (Å²) in [7, 11) is 0. The lowest BCUT2D eigenvalue weighted by molar-refractivity contribution is -0.139. The molecule has 8 nitrogen and oxygen atoms in total. The Hall–Kier alpha value is -2.40. The third-order valence-corrected chi connectivity index (χ3v) is 1.32. The highest BCUT2D eigenvalue weighted by Crippen LogP contribution is 2.00. The van der Waals surface area contributed by atoms with E-state index in [0.29, 0.717) is 0 Å². The molecule has 1 amide bonds. The Balaban J connectivity index is -0.000000312. The van der Waals surface area contributed by atoms with E-state index in [-0.39, 0.29) is 36.7 Å². The van der Waals surface area contributed by atoms with E-state index in [1.54, 1.807) is 11.8 Å². The molecule has 0 rings (SSSR count). The normalized spacial score (nSPS) is 8.55. The maximum Gasteiger partial charge on any atom is 0.382 e. The quantitative estimate of drug-likeness (QED) is 0.427. The van der Waals surface area contributed by atoms with Gasteiger partial charge in [0.2, 0.25) is 5.91 Å². The summed E-state index contributed by atoms with van der Waals surface area (Å²) in [5.41, 5.74) is -0.282. The lowest BCUT2D eigenvalue weighted by Crippen LogP contribution is -2.40. The van der Waals surface area contributed by atoms with Crippen molar-refractivity contribution in [3.05, 3.63) is 0 Å². The van der Waals surface area contributed by atoms with Crippen LogP contribution in [0, 0.1) is 11.8 Å². The molecule has 0 aromatic heterocycles. The van der Waals surface area contributed by atoms with Gasteiger partial charge in [0.15, 0.2) is 6.29 Å². The number of hydrogen-bond donors (Lipinski definition) is 4. The van der Waals surface area contributed by atoms with E-state index in [0.717, 1.165) is 0 Å². The van der Waals surface area contributed by atoms with Gasteiger partial charge in [-0.05, 0) is 26.7 Å². The maximum atomic E-state index is 11.0. The van der Waals surface area contributed by atoms with Crippen molar-refractivity contribution in [3.8, 4) is 11.8 Å². The minimum atomic E-state index is -1.29. The summed E-state index contributed by atoms with van der Waals surface area (Å²) < 4.78 is 0. The summed E-state index contributed by atoms with van der Waals surface area (Å²) in [6.07, 6.45) is 0.169. The fourth-order valence-electron chi connectivity index (χ4n) is 0.792. The summed E-state index contributed by atoms with van der Waals surface area (Å²) in [6, 6.07) is 0. The van der Waals surface area contributed by atoms with Crippen LogP contribution in [0.2, 0.25) is 0 Å². The molecular weight excluding hydrogens is 268 g/mol. The van der Waals surface area contributed by atoms with E-state index in [9.17, 15) is 19.2 Å². The molecule has 0 fully saturated rings. The van der Waals surface area contributed by atoms with Crippen LogP contribution in [0.25, 0.3) is 0 Å². The summed E-state index contributed by atoms with van der Waals surface area (Å²) in [4.78, 5) is 39.8. The monoisotopic (exact) mass is 288 g/mol. The molecule has 6 N–H and O–H groups in total. The van der Waals surface area contributed by atoms with Crippen LogP contribution in [0.1, 0.15) is 33.6 Å². The van der Waals surface area contributed by atoms with E-state index in [2.05, 4.69) is 5.32 Å². The number of nitrogens with one attached hydrogen (secondary N) is 1. The van der Waals surface area contributed by atoms with Crippen LogP contribution in [-0.4, -0.2) is 39.9 Å². The van der Waals surface area contributed by atoms with Crippen molar-refractivity contribution in [3.63, 3.8) is 0 Å². The van der Waals surface area contributed by atoms with E-state index in [1.807, 2.05) is 20.8 Å². The van der Waals surface area contributed by atoms with E-state index in [1.165, 1.54) is 0 Å². The van der Waals surface area contributed by atoms with E-state index in [4.69, 9.17) is 10.2 Å². The van der Waals surface area contributed by atoms with Crippen LogP contribution in [0.3, 0.4) is 0 Å². The van der Waals surface area contributed by atoms with Crippen LogP contribution in [0.5, 0.6) is 0 Å². The fraction of sp³-hybridized carbons (Fsp3) is 0.500. The Kier molecular flexibility index (Phi) is 13.3. The molecule has 0 unspecified atom stereocenters. The van der Waals surface area contributed by atoms with Gasteiger partial charge in [-0.25, -0.2) is 4.79 Å². The SMILES string of the molecule is CC(C)(C)NC(=O)CCC(=O)O.N.O=CC#CC(=O)O. The van der Waals surface area contributed by atoms with Crippen LogP contribution < -0.4 is 11.5 Å². The van der Waals surface area contributed by atoms with Crippen LogP contribution in [0.15, 0.2) is 0 Å². The largest absolute Gasteiger partial charge is 0.481 e. The average molecular weight is 288 g/mol. The lowest BCUT2D eigenvalue weighted by Gasteiger charge is -2.20. The minimum absolute atomic E-state index is 0. The minimum Gasteiger partial charge on any atom is -0.481 e. The molecule has 8 heteroatoms. The second-order valence-corrected chi connectivity index (χ2v) is 4.38. The van der Waals surface area contributed by atoms with Crippen molar-refractivity contribution >= 4 is 24.1 Å². The third-order valence-electron chi connectivity index (χ3n) is 1.32. The molecule has 0 aliphatic carbocycles. The van der Waals surface area contributed by atoms with Gasteiger partial charge in [0.05, 0.1) is 6.42 Å². The lowest BCUT2D eigenvalue weighted by atomic mass is 10.1. The van der Waals surface area contributed by atoms with E-state index >= 15 is 0 Å². The molecule has 0 atom stereocenters. The van der Waals surface area contributed by atoms with Crippen molar-refractivity contribution in [2.75, 3.05) is 0 Å². The van der Waals surface area contributed by atoms with Gasteiger partial charge in [0.25, 0.3) is 0 Å². The van der Waals surface area contributed by atoms with Crippen LogP contribution in [-0.2, 0) is 19.2 Å². The first kappa shape index (κ1) is 22.8. The number of rotatable bonds is 3. The molecule has 0 spiro atoms. The van der Waals surface area contributed by atoms with Gasteiger partial charge >= 0.3 is 11.9 Å². The number of carbonyl (C=O) groups is 4. The molecule has 0 aliphatic rings. The number of carboxylic acids is 2. The van der Waals surface area contributed by atoms with Gasteiger partial charge in [-0.3, -0.25) is 14.4 Å². The van der Waals surface area contributed by atoms with Crippen molar-refractivity contribution in [2.24, 2.45) is 0 Å². The molecular formula is C12H20N2O6. The summed E-state index contributed by atoms with van der Waals surface area (Å²) in [6.45, 7) is 5.56. The number of carbonyl (C=O) groups excluding carboxylic acids is 2. The summed E-state index contributed by atoms with van der Waals surface area (Å²) >= 11 is 0. The molecule has 0 bridgehead atoms. The zero-order chi connectivity index (χ0) is 15.5. The van der Waals surface area contributed by atoms with Gasteiger partial charge in [0.1, 0.15) is 0 Å². The molecule has 0 saturated carbocycles. The molecule has 0 aromatic carbocycles. The second-order valence-electron chi connectivity index (χ2n) is 4.38. The van der Waals surface area contributed by atoms with Crippen molar-refractivity contribution in [1.29, 1.82) is 0 Å². The average Bonchev–Trinajstić information content (AvgIpc) is 2.22. The van der Waals surface area contributed by atoms with Gasteiger partial charge in [-0.15, -0.1) is 0 Å². The second kappa shape index (κ2) is 11.7. The first-order chi connectivity index (χ1) is 8.58. The number of aldehydes is 1. The molecule has 114 valence electrons. The van der Waals surface area contributed by atoms with Gasteiger partial charge in [0, 0.05) is 17.9 Å². The predicted molar refractivity (Wildman–Crippen MR) is 71.3 cm³/mol. The number of carboxylic acid groups (broad SMARTS) is 2. The van der Waals surface area contributed by atoms with E-state index < -0.39 is 11.9 Å². The Labute approximate surface area is 117 Å². The standard InChI is InChI=1S/C8H15NO3.C4H2O3.H3N/c1-8(2,3)9-6(10)4-5-7(11)12;5-3-1-2-4(6)7;/h4-5H2,1-3H3,(H,9,10)(H,11,12);3H,(H,6,7);1H3. The first-order valence-electron chi connectivity index (χ1n) is 5.29. The zero-order valence-corrected chi connectivity index (χ0v) is 11.7. The van der Waals surface area contributed by atoms with Crippen LogP contribution in [0.4, 0.5) is 0 Å². The highest BCUT2D eigenvalue weighted by molar-refractivity contribution is 5.91. The molecule has 0 aromatic rings. The Morgan fingerprint density at radius 3 is 1.90 bits per heavy atom. The van der Waals surface area contributed by atoms with Crippen molar-refractivity contribution in [1.82, 2.24) is 11.5 Å². The van der Waals surface area contributed by atoms with Gasteiger partial charge < -0.3 is 21.7 Å². The van der Waals surface area contributed by atoms with Crippen LogP contribution >= 0.6 is 0 Å². The highest BCUT2D eigenvalue weighted by atomic mass is 16.4.